The number of pyridine rings is 1. The third-order valence-electron chi connectivity index (χ3n) is 3.55. The number of hydrogen-bond donors (Lipinski definition) is 1. The lowest BCUT2D eigenvalue weighted by atomic mass is 10.1. The van der Waals surface area contributed by atoms with Gasteiger partial charge in [0.15, 0.2) is 0 Å². The van der Waals surface area contributed by atoms with Crippen LogP contribution in [0.4, 0.5) is 0 Å². The Morgan fingerprint density at radius 3 is 2.88 bits per heavy atom. The molecule has 2 heterocycles. The number of benzene rings is 1. The molecule has 1 aliphatic heterocycles. The van der Waals surface area contributed by atoms with E-state index in [1.54, 1.807) is 0 Å². The lowest BCUT2D eigenvalue weighted by molar-refractivity contribution is 0.173. The van der Waals surface area contributed by atoms with Gasteiger partial charge in [0.1, 0.15) is 0 Å². The molecule has 3 rings (SSSR count). The Morgan fingerprint density at radius 1 is 1.29 bits per heavy atom. The van der Waals surface area contributed by atoms with Crippen molar-refractivity contribution >= 4 is 10.8 Å². The Morgan fingerprint density at radius 2 is 2.12 bits per heavy atom. The summed E-state index contributed by atoms with van der Waals surface area (Å²) in [5, 5.41) is 5.86. The van der Waals surface area contributed by atoms with Crippen molar-refractivity contribution in [1.82, 2.24) is 15.2 Å². The molecule has 17 heavy (non-hydrogen) atoms. The monoisotopic (exact) mass is 227 g/mol. The molecule has 0 atom stereocenters. The Balaban J connectivity index is 1.89. The molecule has 1 fully saturated rings. The molecule has 0 unspecified atom stereocenters. The first kappa shape index (κ1) is 10.7. The molecule has 1 N–H and O–H groups in total. The maximum Gasteiger partial charge on any atom is 0.0346 e. The van der Waals surface area contributed by atoms with Gasteiger partial charge in [-0.25, -0.2) is 0 Å². The van der Waals surface area contributed by atoms with Crippen LogP contribution in [0.25, 0.3) is 10.8 Å². The Labute approximate surface area is 101 Å². The fourth-order valence-corrected chi connectivity index (χ4v) is 2.29. The zero-order chi connectivity index (χ0) is 11.7. The van der Waals surface area contributed by atoms with Crippen molar-refractivity contribution in [2.75, 3.05) is 20.1 Å². The number of likely N-dealkylation sites (N-methyl/N-ethyl adjacent to an activating group) is 1. The molecule has 2 aromatic rings. The van der Waals surface area contributed by atoms with E-state index < -0.39 is 0 Å². The summed E-state index contributed by atoms with van der Waals surface area (Å²) in [6.07, 6.45) is 3.93. The first-order chi connectivity index (χ1) is 8.34. The maximum absolute atomic E-state index is 4.33. The number of hydrogen-bond acceptors (Lipinski definition) is 3. The molecule has 0 amide bonds. The van der Waals surface area contributed by atoms with E-state index >= 15 is 0 Å². The van der Waals surface area contributed by atoms with E-state index in [0.29, 0.717) is 6.04 Å². The van der Waals surface area contributed by atoms with Crippen LogP contribution < -0.4 is 5.32 Å². The van der Waals surface area contributed by atoms with Crippen molar-refractivity contribution in [3.05, 3.63) is 42.2 Å². The molecule has 1 saturated heterocycles. The van der Waals surface area contributed by atoms with Crippen LogP contribution in [0.15, 0.2) is 36.7 Å². The number of fused-ring (bicyclic) bond motifs is 1. The van der Waals surface area contributed by atoms with Gasteiger partial charge < -0.3 is 5.32 Å². The lowest BCUT2D eigenvalue weighted by Gasteiger charge is -2.35. The minimum absolute atomic E-state index is 0.675. The topological polar surface area (TPSA) is 28.2 Å². The molecule has 1 aliphatic rings. The van der Waals surface area contributed by atoms with Crippen LogP contribution >= 0.6 is 0 Å². The van der Waals surface area contributed by atoms with Crippen molar-refractivity contribution in [2.24, 2.45) is 0 Å². The van der Waals surface area contributed by atoms with Gasteiger partial charge in [0.25, 0.3) is 0 Å². The molecular formula is C14H17N3. The molecule has 3 heteroatoms. The van der Waals surface area contributed by atoms with Crippen molar-refractivity contribution in [1.29, 1.82) is 0 Å². The van der Waals surface area contributed by atoms with Gasteiger partial charge in [-0.05, 0) is 18.0 Å². The van der Waals surface area contributed by atoms with Crippen molar-refractivity contribution < 1.29 is 0 Å². The number of nitrogens with one attached hydrogen (secondary N) is 1. The summed E-state index contributed by atoms with van der Waals surface area (Å²) in [6, 6.07) is 9.13. The minimum atomic E-state index is 0.675. The van der Waals surface area contributed by atoms with Crippen molar-refractivity contribution in [3.63, 3.8) is 0 Å². The highest BCUT2D eigenvalue weighted by molar-refractivity contribution is 5.84. The van der Waals surface area contributed by atoms with Crippen LogP contribution in [0, 0.1) is 0 Å². The highest BCUT2D eigenvalue weighted by Gasteiger charge is 2.21. The van der Waals surface area contributed by atoms with E-state index in [0.717, 1.165) is 19.6 Å². The summed E-state index contributed by atoms with van der Waals surface area (Å²) in [5.74, 6) is 0. The fraction of sp³-hybridized carbons (Fsp3) is 0.357. The predicted molar refractivity (Wildman–Crippen MR) is 69.9 cm³/mol. The summed E-state index contributed by atoms with van der Waals surface area (Å²) >= 11 is 0. The third kappa shape index (κ3) is 2.04. The number of nitrogens with zero attached hydrogens (tertiary/aromatic N) is 2. The molecule has 88 valence electrons. The van der Waals surface area contributed by atoms with Gasteiger partial charge in [-0.2, -0.15) is 0 Å². The van der Waals surface area contributed by atoms with Crippen LogP contribution in [0.2, 0.25) is 0 Å². The molecule has 1 aromatic carbocycles. The third-order valence-corrected chi connectivity index (χ3v) is 3.55. The van der Waals surface area contributed by atoms with Crippen LogP contribution in [0.3, 0.4) is 0 Å². The molecule has 3 nitrogen and oxygen atoms in total. The average molecular weight is 227 g/mol. The molecular weight excluding hydrogens is 210 g/mol. The Bertz CT molecular complexity index is 514. The van der Waals surface area contributed by atoms with Gasteiger partial charge in [-0.15, -0.1) is 0 Å². The van der Waals surface area contributed by atoms with Crippen molar-refractivity contribution in [2.45, 2.75) is 12.6 Å². The van der Waals surface area contributed by atoms with Gasteiger partial charge in [0.05, 0.1) is 0 Å². The minimum Gasteiger partial charge on any atom is -0.314 e. The zero-order valence-electron chi connectivity index (χ0n) is 10.1. The highest BCUT2D eigenvalue weighted by atomic mass is 15.2. The largest absolute Gasteiger partial charge is 0.314 e. The molecule has 0 saturated carbocycles. The van der Waals surface area contributed by atoms with Crippen molar-refractivity contribution in [3.8, 4) is 0 Å². The second kappa shape index (κ2) is 4.43. The first-order valence-electron chi connectivity index (χ1n) is 6.07. The molecule has 1 aromatic heterocycles. The molecule has 0 bridgehead atoms. The van der Waals surface area contributed by atoms with E-state index in [9.17, 15) is 0 Å². The summed E-state index contributed by atoms with van der Waals surface area (Å²) < 4.78 is 0. The van der Waals surface area contributed by atoms with E-state index in [1.807, 2.05) is 12.4 Å². The fourth-order valence-electron chi connectivity index (χ4n) is 2.29. The van der Waals surface area contributed by atoms with E-state index in [1.165, 1.54) is 16.3 Å². The second-order valence-corrected chi connectivity index (χ2v) is 4.75. The zero-order valence-corrected chi connectivity index (χ0v) is 10.1. The van der Waals surface area contributed by atoms with E-state index in [4.69, 9.17) is 0 Å². The van der Waals surface area contributed by atoms with Gasteiger partial charge >= 0.3 is 0 Å². The maximum atomic E-state index is 4.33. The summed E-state index contributed by atoms with van der Waals surface area (Å²) in [5.41, 5.74) is 1.32. The molecule has 0 aliphatic carbocycles. The quantitative estimate of drug-likeness (QED) is 0.864. The Hall–Kier alpha value is -1.45. The van der Waals surface area contributed by atoms with E-state index in [-0.39, 0.29) is 0 Å². The standard InChI is InChI=1S/C14H17N3/c1-17(13-8-16-9-13)10-12-7-15-6-11-4-2-3-5-14(11)12/h2-7,13,16H,8-10H2,1H3. The second-order valence-electron chi connectivity index (χ2n) is 4.75. The lowest BCUT2D eigenvalue weighted by Crippen LogP contribution is -2.55. The molecule has 0 radical (unpaired) electrons. The van der Waals surface area contributed by atoms with Gasteiger partial charge in [0.2, 0.25) is 0 Å². The average Bonchev–Trinajstić information content (AvgIpc) is 2.27. The van der Waals surface area contributed by atoms with E-state index in [2.05, 4.69) is 46.5 Å². The summed E-state index contributed by atoms with van der Waals surface area (Å²) in [7, 11) is 2.19. The van der Waals surface area contributed by atoms with Crippen LogP contribution in [0.1, 0.15) is 5.56 Å². The summed E-state index contributed by atoms with van der Waals surface area (Å²) in [6.45, 7) is 3.18. The SMILES string of the molecule is CN(Cc1cncc2ccccc12)C1CNC1. The summed E-state index contributed by atoms with van der Waals surface area (Å²) in [4.78, 5) is 6.73. The van der Waals surface area contributed by atoms with Crippen LogP contribution in [-0.4, -0.2) is 36.1 Å². The Kier molecular flexibility index (Phi) is 2.79. The molecule has 0 spiro atoms. The highest BCUT2D eigenvalue weighted by Crippen LogP contribution is 2.19. The normalized spacial score (nSPS) is 16.4. The number of aromatic nitrogens is 1. The predicted octanol–water partition coefficient (Wildman–Crippen LogP) is 1.64. The van der Waals surface area contributed by atoms with Gasteiger partial charge in [0, 0.05) is 43.5 Å². The smallest absolute Gasteiger partial charge is 0.0346 e. The first-order valence-corrected chi connectivity index (χ1v) is 6.07. The van der Waals surface area contributed by atoms with Crippen LogP contribution in [0.5, 0.6) is 0 Å². The van der Waals surface area contributed by atoms with Crippen LogP contribution in [-0.2, 0) is 6.54 Å². The number of rotatable bonds is 3. The van der Waals surface area contributed by atoms with Gasteiger partial charge in [-0.1, -0.05) is 24.3 Å². The van der Waals surface area contributed by atoms with Gasteiger partial charge in [-0.3, -0.25) is 9.88 Å².